The van der Waals surface area contributed by atoms with Crippen molar-refractivity contribution in [3.8, 4) is 0 Å². The molecule has 19 heavy (non-hydrogen) atoms. The van der Waals surface area contributed by atoms with Gasteiger partial charge >= 0.3 is 0 Å². The Labute approximate surface area is 116 Å². The van der Waals surface area contributed by atoms with E-state index >= 15 is 0 Å². The van der Waals surface area contributed by atoms with Gasteiger partial charge in [-0.3, -0.25) is 0 Å². The van der Waals surface area contributed by atoms with Crippen LogP contribution in [0.2, 0.25) is 0 Å². The Morgan fingerprint density at radius 2 is 1.68 bits per heavy atom. The van der Waals surface area contributed by atoms with Gasteiger partial charge in [0.1, 0.15) is 11.1 Å². The smallest absolute Gasteiger partial charge is 0.124 e. The SMILES string of the molecule is CC(=O)[O-].CCCOC1CC(C)(C)[NH+](O)C(C)(C)C1. The van der Waals surface area contributed by atoms with Gasteiger partial charge in [0, 0.05) is 25.4 Å². The minimum Gasteiger partial charge on any atom is -0.550 e. The molecule has 2 N–H and O–H groups in total. The highest BCUT2D eigenvalue weighted by atomic mass is 16.5. The zero-order chi connectivity index (χ0) is 15.3. The number of ether oxygens (including phenoxy) is 1. The first-order valence-corrected chi connectivity index (χ1v) is 6.89. The molecule has 0 spiro atoms. The first-order chi connectivity index (χ1) is 8.53. The minimum atomic E-state index is -1.08. The average Bonchev–Trinajstić information content (AvgIpc) is 2.21. The van der Waals surface area contributed by atoms with Crippen molar-refractivity contribution in [2.24, 2.45) is 0 Å². The van der Waals surface area contributed by atoms with E-state index in [1.165, 1.54) is 0 Å². The molecule has 1 aliphatic heterocycles. The van der Waals surface area contributed by atoms with E-state index in [0.29, 0.717) is 11.2 Å². The molecule has 1 rings (SSSR count). The van der Waals surface area contributed by atoms with E-state index in [9.17, 15) is 5.21 Å². The summed E-state index contributed by atoms with van der Waals surface area (Å²) in [5, 5.41) is 19.7. The van der Waals surface area contributed by atoms with Crippen molar-refractivity contribution < 1.29 is 24.9 Å². The lowest BCUT2D eigenvalue weighted by Gasteiger charge is -2.46. The van der Waals surface area contributed by atoms with Crippen LogP contribution in [0.25, 0.3) is 0 Å². The van der Waals surface area contributed by atoms with E-state index in [0.717, 1.165) is 32.8 Å². The predicted octanol–water partition coefficient (Wildman–Crippen LogP) is 0.163. The van der Waals surface area contributed by atoms with E-state index in [1.54, 1.807) is 0 Å². The molecular formula is C14H29NO4. The van der Waals surface area contributed by atoms with E-state index < -0.39 is 5.97 Å². The lowest BCUT2D eigenvalue weighted by atomic mass is 9.80. The van der Waals surface area contributed by atoms with Gasteiger partial charge in [-0.2, -0.15) is 5.06 Å². The number of hydrogen-bond acceptors (Lipinski definition) is 4. The zero-order valence-electron chi connectivity index (χ0n) is 13.1. The Morgan fingerprint density at radius 3 is 2.00 bits per heavy atom. The number of carbonyl (C=O) groups is 1. The Morgan fingerprint density at radius 1 is 1.32 bits per heavy atom. The number of rotatable bonds is 3. The number of hydroxylamine groups is 2. The third-order valence-corrected chi connectivity index (χ3v) is 3.32. The van der Waals surface area contributed by atoms with Crippen LogP contribution in [0.3, 0.4) is 0 Å². The maximum Gasteiger partial charge on any atom is 0.124 e. The Kier molecular flexibility index (Phi) is 6.97. The molecule has 0 amide bonds. The van der Waals surface area contributed by atoms with Crippen LogP contribution in [0, 0.1) is 0 Å². The van der Waals surface area contributed by atoms with Crippen molar-refractivity contribution >= 4 is 5.97 Å². The lowest BCUT2D eigenvalue weighted by molar-refractivity contribution is -1.16. The second-order valence-electron chi connectivity index (χ2n) is 6.51. The van der Waals surface area contributed by atoms with Gasteiger partial charge in [-0.25, -0.2) is 5.21 Å². The highest BCUT2D eigenvalue weighted by Crippen LogP contribution is 2.25. The monoisotopic (exact) mass is 275 g/mol. The van der Waals surface area contributed by atoms with Gasteiger partial charge in [0.05, 0.1) is 6.10 Å². The largest absolute Gasteiger partial charge is 0.550 e. The van der Waals surface area contributed by atoms with Crippen molar-refractivity contribution in [3.63, 3.8) is 0 Å². The van der Waals surface area contributed by atoms with Gasteiger partial charge in [0.2, 0.25) is 0 Å². The molecule has 0 unspecified atom stereocenters. The summed E-state index contributed by atoms with van der Waals surface area (Å²) < 4.78 is 5.83. The van der Waals surface area contributed by atoms with Crippen molar-refractivity contribution in [1.82, 2.24) is 0 Å². The molecule has 0 aromatic heterocycles. The Hall–Kier alpha value is -0.650. The van der Waals surface area contributed by atoms with E-state index in [2.05, 4.69) is 34.6 Å². The number of carbonyl (C=O) groups excluding carboxylic acids is 1. The van der Waals surface area contributed by atoms with Crippen LogP contribution in [-0.2, 0) is 9.53 Å². The third-order valence-electron chi connectivity index (χ3n) is 3.32. The topological polar surface area (TPSA) is 74.0 Å². The standard InChI is InChI=1S/C12H25NO2.C2H4O2/c1-6-7-15-10-8-11(2,3)13(14)12(4,5)9-10;1-2(3)4/h10,14H,6-9H2,1-5H3;1H3,(H,3,4). The molecule has 1 aliphatic rings. The molecular weight excluding hydrogens is 246 g/mol. The van der Waals surface area contributed by atoms with Gasteiger partial charge in [-0.1, -0.05) is 6.92 Å². The van der Waals surface area contributed by atoms with Crippen LogP contribution in [0.15, 0.2) is 0 Å². The molecule has 1 heterocycles. The molecule has 5 heteroatoms. The molecule has 1 fully saturated rings. The summed E-state index contributed by atoms with van der Waals surface area (Å²) in [5.74, 6) is -1.08. The highest BCUT2D eigenvalue weighted by Gasteiger charge is 2.49. The van der Waals surface area contributed by atoms with Crippen molar-refractivity contribution in [3.05, 3.63) is 0 Å². The molecule has 0 bridgehead atoms. The fraction of sp³-hybridized carbons (Fsp3) is 0.929. The first-order valence-electron chi connectivity index (χ1n) is 6.89. The number of aliphatic carboxylic acids is 1. The number of nitrogens with one attached hydrogen (secondary N) is 1. The van der Waals surface area contributed by atoms with E-state index in [4.69, 9.17) is 14.6 Å². The summed E-state index contributed by atoms with van der Waals surface area (Å²) >= 11 is 0. The predicted molar refractivity (Wildman–Crippen MR) is 70.9 cm³/mol. The van der Waals surface area contributed by atoms with Crippen molar-refractivity contribution in [2.75, 3.05) is 6.61 Å². The van der Waals surface area contributed by atoms with Crippen LogP contribution in [0.4, 0.5) is 0 Å². The molecule has 1 saturated heterocycles. The van der Waals surface area contributed by atoms with Crippen LogP contribution < -0.4 is 10.2 Å². The third kappa shape index (κ3) is 6.36. The second-order valence-corrected chi connectivity index (χ2v) is 6.51. The number of quaternary nitrogens is 1. The number of carboxylic acids is 1. The minimum absolute atomic E-state index is 0.111. The summed E-state index contributed by atoms with van der Waals surface area (Å²) in [6.45, 7) is 12.3. The second kappa shape index (κ2) is 7.22. The fourth-order valence-corrected chi connectivity index (χ4v) is 2.72. The average molecular weight is 275 g/mol. The van der Waals surface area contributed by atoms with Crippen molar-refractivity contribution in [1.29, 1.82) is 0 Å². The number of piperidine rings is 1. The van der Waals surface area contributed by atoms with Crippen molar-refractivity contribution in [2.45, 2.75) is 78.0 Å². The molecule has 0 aromatic rings. The summed E-state index contributed by atoms with van der Waals surface area (Å²) in [7, 11) is 0. The van der Waals surface area contributed by atoms with Gasteiger partial charge in [-0.05, 0) is 41.0 Å². The Balaban J connectivity index is 0.000000711. The molecule has 0 aliphatic carbocycles. The first kappa shape index (κ1) is 18.4. The Bertz CT molecular complexity index is 267. The van der Waals surface area contributed by atoms with Gasteiger partial charge in [-0.15, -0.1) is 0 Å². The van der Waals surface area contributed by atoms with E-state index in [1.807, 2.05) is 0 Å². The molecule has 0 radical (unpaired) electrons. The lowest BCUT2D eigenvalue weighted by Crippen LogP contribution is -3.25. The summed E-state index contributed by atoms with van der Waals surface area (Å²) in [6, 6.07) is 0. The van der Waals surface area contributed by atoms with E-state index in [-0.39, 0.29) is 11.1 Å². The molecule has 0 saturated carbocycles. The van der Waals surface area contributed by atoms with Crippen LogP contribution in [-0.4, -0.2) is 35.0 Å². The van der Waals surface area contributed by atoms with Gasteiger partial charge in [0.25, 0.3) is 0 Å². The van der Waals surface area contributed by atoms with Gasteiger partial charge in [0.15, 0.2) is 0 Å². The van der Waals surface area contributed by atoms with Gasteiger partial charge < -0.3 is 14.6 Å². The van der Waals surface area contributed by atoms with Crippen LogP contribution in [0.5, 0.6) is 0 Å². The number of carboxylic acid groups (broad SMARTS) is 1. The molecule has 0 aromatic carbocycles. The number of hydrogen-bond donors (Lipinski definition) is 2. The molecule has 0 atom stereocenters. The quantitative estimate of drug-likeness (QED) is 0.769. The molecule has 5 nitrogen and oxygen atoms in total. The van der Waals surface area contributed by atoms with Crippen LogP contribution in [0.1, 0.15) is 60.8 Å². The maximum absolute atomic E-state index is 10.2. The summed E-state index contributed by atoms with van der Waals surface area (Å²) in [4.78, 5) is 8.89. The normalized spacial score (nSPS) is 28.2. The zero-order valence-corrected chi connectivity index (χ0v) is 13.1. The summed E-state index contributed by atoms with van der Waals surface area (Å²) in [5.41, 5.74) is -0.222. The van der Waals surface area contributed by atoms with Crippen LogP contribution >= 0.6 is 0 Å². The summed E-state index contributed by atoms with van der Waals surface area (Å²) in [6.07, 6.45) is 3.23. The fourth-order valence-electron chi connectivity index (χ4n) is 2.72. The highest BCUT2D eigenvalue weighted by molar-refractivity contribution is 5.60. The molecule has 114 valence electrons. The maximum atomic E-state index is 10.2.